The Kier molecular flexibility index (Phi) is 3.69. The lowest BCUT2D eigenvalue weighted by molar-refractivity contribution is 0.177. The molecule has 0 amide bonds. The number of rotatable bonds is 3. The van der Waals surface area contributed by atoms with Gasteiger partial charge >= 0.3 is 0 Å². The molecule has 0 aliphatic carbocycles. The molecule has 1 aliphatic rings. The summed E-state index contributed by atoms with van der Waals surface area (Å²) in [5.41, 5.74) is 2.67. The van der Waals surface area contributed by atoms with Crippen molar-refractivity contribution in [1.82, 2.24) is 15.0 Å². The first-order chi connectivity index (χ1) is 11.3. The van der Waals surface area contributed by atoms with Gasteiger partial charge in [0.15, 0.2) is 5.82 Å². The van der Waals surface area contributed by atoms with Gasteiger partial charge in [-0.2, -0.15) is 0 Å². The van der Waals surface area contributed by atoms with Crippen LogP contribution in [-0.2, 0) is 6.42 Å². The van der Waals surface area contributed by atoms with E-state index in [9.17, 15) is 5.11 Å². The Balaban J connectivity index is 1.58. The quantitative estimate of drug-likeness (QED) is 0.603. The highest BCUT2D eigenvalue weighted by Gasteiger charge is 2.19. The zero-order valence-electron chi connectivity index (χ0n) is 12.2. The molecule has 1 aromatic carbocycles. The van der Waals surface area contributed by atoms with Crippen molar-refractivity contribution in [2.75, 3.05) is 5.32 Å². The molecular weight excluding hydrogens is 308 g/mol. The van der Waals surface area contributed by atoms with E-state index in [4.69, 9.17) is 0 Å². The molecule has 1 aliphatic heterocycles. The first-order valence-electron chi connectivity index (χ1n) is 7.27. The van der Waals surface area contributed by atoms with Crippen molar-refractivity contribution < 1.29 is 5.11 Å². The maximum absolute atomic E-state index is 10.5. The third kappa shape index (κ3) is 2.91. The molecule has 114 valence electrons. The van der Waals surface area contributed by atoms with Gasteiger partial charge in [-0.15, -0.1) is 0 Å². The summed E-state index contributed by atoms with van der Waals surface area (Å²) < 4.78 is 0. The fourth-order valence-corrected chi connectivity index (χ4v) is 3.37. The van der Waals surface area contributed by atoms with E-state index >= 15 is 0 Å². The van der Waals surface area contributed by atoms with Gasteiger partial charge in [0.05, 0.1) is 11.8 Å². The van der Waals surface area contributed by atoms with Crippen LogP contribution >= 0.6 is 11.8 Å². The van der Waals surface area contributed by atoms with Crippen LogP contribution in [0.25, 0.3) is 0 Å². The minimum atomic E-state index is -0.592. The second kappa shape index (κ2) is 5.98. The van der Waals surface area contributed by atoms with E-state index in [0.29, 0.717) is 6.42 Å². The zero-order valence-corrected chi connectivity index (χ0v) is 13.0. The predicted molar refractivity (Wildman–Crippen MR) is 88.8 cm³/mol. The predicted octanol–water partition coefficient (Wildman–Crippen LogP) is 3.36. The summed E-state index contributed by atoms with van der Waals surface area (Å²) in [6.45, 7) is 0. The number of fused-ring (bicyclic) bond motifs is 2. The molecule has 0 spiro atoms. The molecule has 0 saturated carbocycles. The number of aliphatic hydroxyl groups is 1. The van der Waals surface area contributed by atoms with Crippen molar-refractivity contribution in [3.05, 3.63) is 66.2 Å². The number of aliphatic hydroxyl groups excluding tert-OH is 1. The first-order valence-corrected chi connectivity index (χ1v) is 8.09. The van der Waals surface area contributed by atoms with Crippen LogP contribution in [0.5, 0.6) is 0 Å². The molecule has 23 heavy (non-hydrogen) atoms. The van der Waals surface area contributed by atoms with E-state index in [1.54, 1.807) is 30.4 Å². The summed E-state index contributed by atoms with van der Waals surface area (Å²) in [6, 6.07) is 11.6. The topological polar surface area (TPSA) is 70.9 Å². The molecule has 1 unspecified atom stereocenters. The van der Waals surface area contributed by atoms with Crippen molar-refractivity contribution in [2.45, 2.75) is 22.4 Å². The summed E-state index contributed by atoms with van der Waals surface area (Å²) in [5, 5.41) is 14.6. The van der Waals surface area contributed by atoms with E-state index in [-0.39, 0.29) is 0 Å². The molecule has 3 heterocycles. The molecule has 5 nitrogen and oxygen atoms in total. The van der Waals surface area contributed by atoms with Crippen molar-refractivity contribution in [1.29, 1.82) is 0 Å². The number of pyridine rings is 1. The Morgan fingerprint density at radius 1 is 1.04 bits per heavy atom. The third-order valence-electron chi connectivity index (χ3n) is 3.64. The average Bonchev–Trinajstić information content (AvgIpc) is 2.60. The Morgan fingerprint density at radius 3 is 2.83 bits per heavy atom. The number of benzene rings is 1. The molecular formula is C17H14N4OS. The zero-order chi connectivity index (χ0) is 15.6. The normalized spacial score (nSPS) is 13.6. The van der Waals surface area contributed by atoms with Crippen molar-refractivity contribution >= 4 is 23.3 Å². The number of hydrogen-bond acceptors (Lipinski definition) is 6. The molecule has 1 atom stereocenters. The Bertz CT molecular complexity index is 841. The van der Waals surface area contributed by atoms with Crippen LogP contribution in [0.15, 0.2) is 64.9 Å². The maximum Gasteiger partial charge on any atom is 0.163 e. The van der Waals surface area contributed by atoms with Gasteiger partial charge in [0.1, 0.15) is 5.03 Å². The monoisotopic (exact) mass is 322 g/mol. The van der Waals surface area contributed by atoms with Gasteiger partial charge in [-0.3, -0.25) is 4.98 Å². The molecule has 0 saturated heterocycles. The molecule has 0 bridgehead atoms. The standard InChI is InChI=1S/C17H14N4OS/c22-14(10-12-3-1-2-6-18-12)11-4-5-15-13(9-11)21-16-17(23-15)20-8-7-19-16/h1-9,14,22H,10H2,(H,19,21). The van der Waals surface area contributed by atoms with Crippen LogP contribution in [0, 0.1) is 0 Å². The first kappa shape index (κ1) is 14.2. The number of nitrogens with one attached hydrogen (secondary N) is 1. The highest BCUT2D eigenvalue weighted by molar-refractivity contribution is 7.99. The van der Waals surface area contributed by atoms with Gasteiger partial charge in [-0.05, 0) is 29.8 Å². The van der Waals surface area contributed by atoms with Crippen LogP contribution < -0.4 is 5.32 Å². The number of anilines is 2. The number of nitrogens with zero attached hydrogens (tertiary/aromatic N) is 3. The van der Waals surface area contributed by atoms with Crippen molar-refractivity contribution in [3.63, 3.8) is 0 Å². The van der Waals surface area contributed by atoms with Crippen molar-refractivity contribution in [3.8, 4) is 0 Å². The van der Waals surface area contributed by atoms with Gasteiger partial charge in [0.25, 0.3) is 0 Å². The molecule has 2 N–H and O–H groups in total. The lowest BCUT2D eigenvalue weighted by Crippen LogP contribution is -2.07. The van der Waals surface area contributed by atoms with Crippen LogP contribution in [0.4, 0.5) is 11.5 Å². The summed E-state index contributed by atoms with van der Waals surface area (Å²) >= 11 is 1.58. The van der Waals surface area contributed by atoms with Crippen LogP contribution in [0.1, 0.15) is 17.4 Å². The van der Waals surface area contributed by atoms with Crippen LogP contribution in [0.2, 0.25) is 0 Å². The fraction of sp³-hybridized carbons (Fsp3) is 0.118. The van der Waals surface area contributed by atoms with Gasteiger partial charge in [-0.1, -0.05) is 23.9 Å². The second-order valence-corrected chi connectivity index (χ2v) is 6.26. The minimum absolute atomic E-state index is 0.489. The Morgan fingerprint density at radius 2 is 1.96 bits per heavy atom. The number of hydrogen-bond donors (Lipinski definition) is 2. The van der Waals surface area contributed by atoms with Gasteiger partial charge in [-0.25, -0.2) is 9.97 Å². The smallest absolute Gasteiger partial charge is 0.163 e. The van der Waals surface area contributed by atoms with E-state index in [1.807, 2.05) is 36.4 Å². The van der Waals surface area contributed by atoms with E-state index in [0.717, 1.165) is 32.7 Å². The summed E-state index contributed by atoms with van der Waals surface area (Å²) in [6.07, 6.45) is 4.98. The molecule has 6 heteroatoms. The molecule has 0 radical (unpaired) electrons. The lowest BCUT2D eigenvalue weighted by Gasteiger charge is -2.20. The Hall–Kier alpha value is -2.44. The summed E-state index contributed by atoms with van der Waals surface area (Å²) in [4.78, 5) is 13.9. The highest BCUT2D eigenvalue weighted by atomic mass is 32.2. The molecule has 2 aromatic heterocycles. The van der Waals surface area contributed by atoms with Gasteiger partial charge in [0, 0.05) is 35.6 Å². The highest BCUT2D eigenvalue weighted by Crippen LogP contribution is 2.42. The minimum Gasteiger partial charge on any atom is -0.388 e. The average molecular weight is 322 g/mol. The Labute approximate surface area is 137 Å². The third-order valence-corrected chi connectivity index (χ3v) is 4.71. The summed E-state index contributed by atoms with van der Waals surface area (Å²) in [5.74, 6) is 0.751. The van der Waals surface area contributed by atoms with E-state index < -0.39 is 6.10 Å². The second-order valence-electron chi connectivity index (χ2n) is 5.23. The van der Waals surface area contributed by atoms with E-state index in [1.165, 1.54) is 0 Å². The number of aromatic nitrogens is 3. The van der Waals surface area contributed by atoms with Crippen molar-refractivity contribution in [2.24, 2.45) is 0 Å². The maximum atomic E-state index is 10.5. The molecule has 3 aromatic rings. The summed E-state index contributed by atoms with van der Waals surface area (Å²) in [7, 11) is 0. The van der Waals surface area contributed by atoms with E-state index in [2.05, 4.69) is 20.3 Å². The SMILES string of the molecule is OC(Cc1ccccn1)c1ccc2c(c1)Nc1nccnc1S2. The van der Waals surface area contributed by atoms with Crippen LogP contribution in [0.3, 0.4) is 0 Å². The van der Waals surface area contributed by atoms with Crippen LogP contribution in [-0.4, -0.2) is 20.1 Å². The van der Waals surface area contributed by atoms with Gasteiger partial charge in [0.2, 0.25) is 0 Å². The molecule has 0 fully saturated rings. The van der Waals surface area contributed by atoms with Gasteiger partial charge < -0.3 is 10.4 Å². The lowest BCUT2D eigenvalue weighted by atomic mass is 10.0. The molecule has 4 rings (SSSR count). The largest absolute Gasteiger partial charge is 0.388 e. The fourth-order valence-electron chi connectivity index (χ4n) is 2.49.